The number of benzene rings is 1. The highest BCUT2D eigenvalue weighted by molar-refractivity contribution is 14.1. The molecule has 2 N–H and O–H groups in total. The summed E-state index contributed by atoms with van der Waals surface area (Å²) in [5.41, 5.74) is 2.04. The highest BCUT2D eigenvalue weighted by Crippen LogP contribution is 2.16. The lowest BCUT2D eigenvalue weighted by atomic mass is 10.2. The highest BCUT2D eigenvalue weighted by Gasteiger charge is 2.17. The fourth-order valence-corrected chi connectivity index (χ4v) is 3.02. The normalized spacial score (nSPS) is 10.7. The Kier molecular flexibility index (Phi) is 6.94. The van der Waals surface area contributed by atoms with E-state index >= 15 is 0 Å². The van der Waals surface area contributed by atoms with Gasteiger partial charge in [0, 0.05) is 36.5 Å². The van der Waals surface area contributed by atoms with E-state index in [-0.39, 0.29) is 36.8 Å². The lowest BCUT2D eigenvalue weighted by Crippen LogP contribution is -2.34. The van der Waals surface area contributed by atoms with Crippen LogP contribution in [0.2, 0.25) is 0 Å². The van der Waals surface area contributed by atoms with Crippen molar-refractivity contribution in [3.63, 3.8) is 0 Å². The third-order valence-corrected chi connectivity index (χ3v) is 5.84. The lowest BCUT2D eigenvalue weighted by Gasteiger charge is -2.05. The van der Waals surface area contributed by atoms with E-state index in [1.165, 1.54) is 24.3 Å². The molecule has 2 heterocycles. The molecule has 162 valence electrons. The van der Waals surface area contributed by atoms with E-state index in [9.17, 15) is 19.7 Å². The molecule has 31 heavy (non-hydrogen) atoms. The number of nitro groups is 1. The topological polar surface area (TPSA) is 158 Å². The van der Waals surface area contributed by atoms with Crippen molar-refractivity contribution in [3.8, 4) is 0 Å². The van der Waals surface area contributed by atoms with Gasteiger partial charge in [0.25, 0.3) is 11.6 Å². The maximum absolute atomic E-state index is 12.1. The maximum atomic E-state index is 12.1. The molecule has 0 aliphatic heterocycles. The van der Waals surface area contributed by atoms with Gasteiger partial charge in [0.15, 0.2) is 5.82 Å². The zero-order chi connectivity index (χ0) is 22.5. The minimum atomic E-state index is -0.564. The van der Waals surface area contributed by atoms with Gasteiger partial charge in [-0.15, -0.1) is 0 Å². The van der Waals surface area contributed by atoms with Crippen molar-refractivity contribution in [1.29, 1.82) is 0 Å². The van der Waals surface area contributed by atoms with Crippen LogP contribution in [0.4, 0.5) is 5.69 Å². The van der Waals surface area contributed by atoms with Crippen LogP contribution < -0.4 is 10.6 Å². The Morgan fingerprint density at radius 1 is 1.16 bits per heavy atom. The third kappa shape index (κ3) is 5.42. The number of halogens is 1. The average molecular weight is 539 g/mol. The van der Waals surface area contributed by atoms with Crippen molar-refractivity contribution in [2.45, 2.75) is 20.4 Å². The quantitative estimate of drug-likeness (QED) is 0.189. The Bertz CT molecular complexity index is 1120. The van der Waals surface area contributed by atoms with E-state index in [0.717, 1.165) is 15.0 Å². The Morgan fingerprint density at radius 3 is 2.39 bits per heavy atom. The zero-order valence-corrected chi connectivity index (χ0v) is 18.7. The number of hydrogen-bond donors (Lipinski definition) is 2. The largest absolute Gasteiger partial charge is 0.350 e. The molecule has 0 saturated carbocycles. The molecule has 1 aromatic carbocycles. The first-order chi connectivity index (χ1) is 14.8. The molecule has 2 amide bonds. The first kappa shape index (κ1) is 22.3. The summed E-state index contributed by atoms with van der Waals surface area (Å²) >= 11 is 2.21. The summed E-state index contributed by atoms with van der Waals surface area (Å²) in [5, 5.41) is 24.0. The summed E-state index contributed by atoms with van der Waals surface area (Å²) in [6.45, 7) is 4.39. The minimum Gasteiger partial charge on any atom is -0.350 e. The van der Waals surface area contributed by atoms with E-state index in [1.54, 1.807) is 4.68 Å². The fraction of sp³-hybridized carbons (Fsp3) is 0.278. The predicted molar refractivity (Wildman–Crippen MR) is 116 cm³/mol. The number of carbonyl (C=O) groups is 2. The second kappa shape index (κ2) is 9.63. The standard InChI is InChI=1S/C18H18IN7O5/c1-10-15(19)11(2)25(23-10)9-14-22-18(31-24-14)17(28)21-8-7-20-16(27)12-3-5-13(6-4-12)26(29)30/h3-6H,7-9H2,1-2H3,(H,20,27)(H,21,28). The summed E-state index contributed by atoms with van der Waals surface area (Å²) < 4.78 is 7.78. The molecule has 0 fully saturated rings. The molecule has 3 aromatic rings. The van der Waals surface area contributed by atoms with Crippen LogP contribution in [0.15, 0.2) is 28.8 Å². The first-order valence-electron chi connectivity index (χ1n) is 9.09. The van der Waals surface area contributed by atoms with E-state index in [4.69, 9.17) is 4.52 Å². The summed E-state index contributed by atoms with van der Waals surface area (Å²) in [4.78, 5) is 38.3. The van der Waals surface area contributed by atoms with Crippen molar-refractivity contribution in [3.05, 3.63) is 66.6 Å². The number of nitrogens with one attached hydrogen (secondary N) is 2. The molecule has 0 radical (unpaired) electrons. The number of nitrogens with zero attached hydrogens (tertiary/aromatic N) is 5. The smallest absolute Gasteiger partial charge is 0.316 e. The third-order valence-electron chi connectivity index (χ3n) is 4.28. The van der Waals surface area contributed by atoms with Gasteiger partial charge in [0.1, 0.15) is 6.54 Å². The van der Waals surface area contributed by atoms with Gasteiger partial charge in [0.2, 0.25) is 0 Å². The number of rotatable bonds is 8. The van der Waals surface area contributed by atoms with Crippen molar-refractivity contribution >= 4 is 40.1 Å². The van der Waals surface area contributed by atoms with Crippen molar-refractivity contribution in [1.82, 2.24) is 30.6 Å². The van der Waals surface area contributed by atoms with Gasteiger partial charge in [-0.25, -0.2) is 0 Å². The molecule has 12 nitrogen and oxygen atoms in total. The van der Waals surface area contributed by atoms with Crippen LogP contribution in [-0.4, -0.2) is 49.7 Å². The van der Waals surface area contributed by atoms with Crippen LogP contribution in [0.1, 0.15) is 38.3 Å². The SMILES string of the molecule is Cc1nn(Cc2noc(C(=O)NCCNC(=O)c3ccc([N+](=O)[O-])cc3)n2)c(C)c1I. The lowest BCUT2D eigenvalue weighted by molar-refractivity contribution is -0.384. The maximum Gasteiger partial charge on any atom is 0.316 e. The van der Waals surface area contributed by atoms with Crippen LogP contribution in [0.5, 0.6) is 0 Å². The van der Waals surface area contributed by atoms with Crippen LogP contribution in [0, 0.1) is 27.5 Å². The molecular weight excluding hydrogens is 521 g/mol. The second-order valence-electron chi connectivity index (χ2n) is 6.47. The van der Waals surface area contributed by atoms with Gasteiger partial charge in [-0.2, -0.15) is 10.1 Å². The van der Waals surface area contributed by atoms with E-state index in [2.05, 4.69) is 48.5 Å². The van der Waals surface area contributed by atoms with Gasteiger partial charge in [-0.3, -0.25) is 24.4 Å². The molecule has 0 unspecified atom stereocenters. The number of aromatic nitrogens is 4. The summed E-state index contributed by atoms with van der Waals surface area (Å²) in [6, 6.07) is 5.21. The molecule has 0 bridgehead atoms. The molecule has 2 aromatic heterocycles. The molecule has 0 saturated heterocycles. The van der Waals surface area contributed by atoms with Crippen LogP contribution >= 0.6 is 22.6 Å². The summed E-state index contributed by atoms with van der Waals surface area (Å²) in [6.07, 6.45) is 0. The van der Waals surface area contributed by atoms with E-state index < -0.39 is 16.7 Å². The number of amides is 2. The van der Waals surface area contributed by atoms with Gasteiger partial charge in [-0.05, 0) is 48.6 Å². The van der Waals surface area contributed by atoms with E-state index in [0.29, 0.717) is 5.82 Å². The van der Waals surface area contributed by atoms with Crippen LogP contribution in [0.3, 0.4) is 0 Å². The zero-order valence-electron chi connectivity index (χ0n) is 16.6. The Hall–Kier alpha value is -3.36. The molecular formula is C18H18IN7O5. The number of aryl methyl sites for hydroxylation is 1. The van der Waals surface area contributed by atoms with Gasteiger partial charge in [-0.1, -0.05) is 5.16 Å². The number of carbonyl (C=O) groups excluding carboxylic acids is 2. The van der Waals surface area contributed by atoms with Gasteiger partial charge in [0.05, 0.1) is 14.2 Å². The monoisotopic (exact) mass is 539 g/mol. The number of nitro benzene ring substituents is 1. The van der Waals surface area contributed by atoms with Crippen molar-refractivity contribution < 1.29 is 19.0 Å². The molecule has 0 aliphatic rings. The van der Waals surface area contributed by atoms with Crippen LogP contribution in [0.25, 0.3) is 0 Å². The molecule has 0 atom stereocenters. The molecule has 0 aliphatic carbocycles. The number of hydrogen-bond acceptors (Lipinski definition) is 8. The second-order valence-corrected chi connectivity index (χ2v) is 7.55. The Morgan fingerprint density at radius 2 is 1.81 bits per heavy atom. The van der Waals surface area contributed by atoms with Crippen molar-refractivity contribution in [2.24, 2.45) is 0 Å². The summed E-state index contributed by atoms with van der Waals surface area (Å²) in [7, 11) is 0. The van der Waals surface area contributed by atoms with E-state index in [1.807, 2.05) is 13.8 Å². The van der Waals surface area contributed by atoms with Crippen LogP contribution in [-0.2, 0) is 6.54 Å². The average Bonchev–Trinajstić information content (AvgIpc) is 3.32. The molecule has 0 spiro atoms. The highest BCUT2D eigenvalue weighted by atomic mass is 127. The van der Waals surface area contributed by atoms with Gasteiger partial charge >= 0.3 is 11.8 Å². The predicted octanol–water partition coefficient (Wildman–Crippen LogP) is 1.60. The first-order valence-corrected chi connectivity index (χ1v) is 10.2. The van der Waals surface area contributed by atoms with Crippen molar-refractivity contribution in [2.75, 3.05) is 13.1 Å². The Balaban J connectivity index is 1.46. The molecule has 3 rings (SSSR count). The minimum absolute atomic E-state index is 0.102. The number of non-ortho nitro benzene ring substituents is 1. The fourth-order valence-electron chi connectivity index (χ4n) is 2.64. The van der Waals surface area contributed by atoms with Gasteiger partial charge < -0.3 is 15.2 Å². The molecule has 13 heteroatoms. The summed E-state index contributed by atoms with van der Waals surface area (Å²) in [5.74, 6) is -0.846. The Labute approximate surface area is 189 Å².